The van der Waals surface area contributed by atoms with E-state index in [4.69, 9.17) is 15.2 Å². The quantitative estimate of drug-likeness (QED) is 0.448. The molecule has 5 rings (SSSR count). The maximum Gasteiger partial charge on any atom is 0.337 e. The molecular formula is C25H28N4O4. The third-order valence-electron chi connectivity index (χ3n) is 6.80. The molecule has 172 valence electrons. The van der Waals surface area contributed by atoms with Gasteiger partial charge < -0.3 is 25.3 Å². The Morgan fingerprint density at radius 1 is 1.24 bits per heavy atom. The lowest BCUT2D eigenvalue weighted by Crippen LogP contribution is -2.28. The summed E-state index contributed by atoms with van der Waals surface area (Å²) < 4.78 is 10.7. The number of rotatable bonds is 8. The lowest BCUT2D eigenvalue weighted by molar-refractivity contribution is 0.0693. The summed E-state index contributed by atoms with van der Waals surface area (Å²) in [5, 5.41) is 10.0. The van der Waals surface area contributed by atoms with Crippen molar-refractivity contribution in [2.75, 3.05) is 20.3 Å². The molecule has 1 atom stereocenters. The number of nitrogens with two attached hydrogens (primary N) is 1. The molecule has 4 N–H and O–H groups in total. The Morgan fingerprint density at radius 3 is 2.82 bits per heavy atom. The molecule has 0 radical (unpaired) electrons. The monoisotopic (exact) mass is 448 g/mol. The molecule has 2 aliphatic rings. The van der Waals surface area contributed by atoms with Gasteiger partial charge in [-0.25, -0.2) is 4.79 Å². The van der Waals surface area contributed by atoms with E-state index in [9.17, 15) is 9.90 Å². The summed E-state index contributed by atoms with van der Waals surface area (Å²) in [5.74, 6) is 0.0641. The Hall–Kier alpha value is -3.23. The zero-order valence-electron chi connectivity index (χ0n) is 18.6. The standard InChI is InChI=1S/C25H28N4O4/c1-32-7-8-33-17-9-16(11-27-13-17)20-10-19-15(12-28-20)5-6-18-21(25(30)31)24(29-23(18)19)22(26)14-3-2-4-14/h9-14,22,29H,2-8,26H2,1H3,(H,30,31). The highest BCUT2D eigenvalue weighted by Crippen LogP contribution is 2.43. The van der Waals surface area contributed by atoms with E-state index in [0.29, 0.717) is 42.6 Å². The van der Waals surface area contributed by atoms with Crippen molar-refractivity contribution in [3.8, 4) is 28.3 Å². The number of aromatic nitrogens is 3. The Bertz CT molecular complexity index is 1190. The molecule has 33 heavy (non-hydrogen) atoms. The second-order valence-electron chi connectivity index (χ2n) is 8.77. The molecule has 0 aliphatic heterocycles. The number of nitrogens with zero attached hydrogens (tertiary/aromatic N) is 2. The van der Waals surface area contributed by atoms with Crippen molar-refractivity contribution < 1.29 is 19.4 Å². The number of methoxy groups -OCH3 is 1. The zero-order chi connectivity index (χ0) is 22.9. The van der Waals surface area contributed by atoms with Gasteiger partial charge >= 0.3 is 5.97 Å². The van der Waals surface area contributed by atoms with Crippen LogP contribution in [0.4, 0.5) is 0 Å². The number of carboxylic acid groups (broad SMARTS) is 1. The Morgan fingerprint density at radius 2 is 2.09 bits per heavy atom. The SMILES string of the molecule is COCCOc1cncc(-c2cc3c(cn2)CCc2c-3[nH]c(C(N)C3CCC3)c2C(=O)O)c1. The van der Waals surface area contributed by atoms with E-state index in [1.165, 1.54) is 0 Å². The summed E-state index contributed by atoms with van der Waals surface area (Å²) in [6, 6.07) is 3.62. The lowest BCUT2D eigenvalue weighted by Gasteiger charge is -2.31. The number of fused-ring (bicyclic) bond motifs is 3. The molecule has 1 fully saturated rings. The van der Waals surface area contributed by atoms with Gasteiger partial charge in [-0.05, 0) is 54.9 Å². The number of aromatic carboxylic acids is 1. The van der Waals surface area contributed by atoms with Crippen LogP contribution < -0.4 is 10.5 Å². The minimum absolute atomic E-state index is 0.287. The molecule has 3 aromatic rings. The molecule has 1 unspecified atom stereocenters. The minimum atomic E-state index is -0.917. The average Bonchev–Trinajstić information content (AvgIpc) is 3.18. The first-order valence-electron chi connectivity index (χ1n) is 11.4. The smallest absolute Gasteiger partial charge is 0.337 e. The summed E-state index contributed by atoms with van der Waals surface area (Å²) in [4.78, 5) is 24.6. The van der Waals surface area contributed by atoms with Crippen molar-refractivity contribution >= 4 is 5.97 Å². The highest BCUT2D eigenvalue weighted by Gasteiger charge is 2.34. The Labute approximate surface area is 192 Å². The van der Waals surface area contributed by atoms with Gasteiger partial charge in [0, 0.05) is 42.4 Å². The van der Waals surface area contributed by atoms with E-state index in [0.717, 1.165) is 59.3 Å². The summed E-state index contributed by atoms with van der Waals surface area (Å²) in [6.07, 6.45) is 9.92. The third-order valence-corrected chi connectivity index (χ3v) is 6.80. The van der Waals surface area contributed by atoms with Gasteiger partial charge in [0.25, 0.3) is 0 Å². The number of hydrogen-bond acceptors (Lipinski definition) is 6. The van der Waals surface area contributed by atoms with Crippen molar-refractivity contribution in [3.63, 3.8) is 0 Å². The van der Waals surface area contributed by atoms with Crippen LogP contribution in [-0.2, 0) is 17.6 Å². The number of ether oxygens (including phenoxy) is 2. The first kappa shape index (κ1) is 21.6. The van der Waals surface area contributed by atoms with Crippen LogP contribution in [0.25, 0.3) is 22.5 Å². The first-order chi connectivity index (χ1) is 16.1. The van der Waals surface area contributed by atoms with Gasteiger partial charge in [0.15, 0.2) is 0 Å². The van der Waals surface area contributed by atoms with Crippen molar-refractivity contribution in [2.24, 2.45) is 11.7 Å². The summed E-state index contributed by atoms with van der Waals surface area (Å²) >= 11 is 0. The predicted octanol–water partition coefficient (Wildman–Crippen LogP) is 3.76. The number of hydrogen-bond donors (Lipinski definition) is 3. The Balaban J connectivity index is 1.53. The number of aryl methyl sites for hydroxylation is 1. The summed E-state index contributed by atoms with van der Waals surface area (Å²) in [7, 11) is 1.63. The molecule has 0 aromatic carbocycles. The topological polar surface area (TPSA) is 123 Å². The van der Waals surface area contributed by atoms with Crippen molar-refractivity contribution in [1.29, 1.82) is 0 Å². The van der Waals surface area contributed by atoms with Gasteiger partial charge in [0.2, 0.25) is 0 Å². The van der Waals surface area contributed by atoms with Crippen molar-refractivity contribution in [2.45, 2.75) is 38.1 Å². The number of H-pyrrole nitrogens is 1. The maximum absolute atomic E-state index is 12.2. The van der Waals surface area contributed by atoms with Crippen LogP contribution in [0.2, 0.25) is 0 Å². The van der Waals surface area contributed by atoms with Gasteiger partial charge in [-0.15, -0.1) is 0 Å². The summed E-state index contributed by atoms with van der Waals surface area (Å²) in [5.41, 5.74) is 12.9. The van der Waals surface area contributed by atoms with E-state index in [1.54, 1.807) is 19.5 Å². The molecule has 0 spiro atoms. The molecule has 2 aliphatic carbocycles. The van der Waals surface area contributed by atoms with Crippen molar-refractivity contribution in [1.82, 2.24) is 15.0 Å². The summed E-state index contributed by atoms with van der Waals surface area (Å²) in [6.45, 7) is 0.932. The number of carbonyl (C=O) groups is 1. The van der Waals surface area contributed by atoms with Gasteiger partial charge in [0.05, 0.1) is 29.8 Å². The van der Waals surface area contributed by atoms with E-state index >= 15 is 0 Å². The lowest BCUT2D eigenvalue weighted by atomic mass is 9.78. The average molecular weight is 449 g/mol. The number of carboxylic acids is 1. The highest BCUT2D eigenvalue weighted by atomic mass is 16.5. The van der Waals surface area contributed by atoms with Gasteiger partial charge in [-0.1, -0.05) is 6.42 Å². The fourth-order valence-corrected chi connectivity index (χ4v) is 4.78. The van der Waals surface area contributed by atoms with Gasteiger partial charge in [0.1, 0.15) is 12.4 Å². The van der Waals surface area contributed by atoms with E-state index in [1.807, 2.05) is 18.3 Å². The second kappa shape index (κ2) is 8.96. The highest BCUT2D eigenvalue weighted by molar-refractivity contribution is 5.95. The number of nitrogens with one attached hydrogen (secondary N) is 1. The first-order valence-corrected chi connectivity index (χ1v) is 11.4. The normalized spacial score (nSPS) is 15.9. The fraction of sp³-hybridized carbons (Fsp3) is 0.400. The fourth-order valence-electron chi connectivity index (χ4n) is 4.78. The molecule has 3 heterocycles. The van der Waals surface area contributed by atoms with Gasteiger partial charge in [-0.3, -0.25) is 9.97 Å². The van der Waals surface area contributed by atoms with Crippen LogP contribution in [0.5, 0.6) is 5.75 Å². The van der Waals surface area contributed by atoms with Crippen LogP contribution in [0.15, 0.2) is 30.7 Å². The van der Waals surface area contributed by atoms with E-state index in [2.05, 4.69) is 15.0 Å². The predicted molar refractivity (Wildman–Crippen MR) is 123 cm³/mol. The van der Waals surface area contributed by atoms with Crippen molar-refractivity contribution in [3.05, 3.63) is 53.1 Å². The van der Waals surface area contributed by atoms with Gasteiger partial charge in [-0.2, -0.15) is 0 Å². The number of aromatic amines is 1. The van der Waals surface area contributed by atoms with E-state index < -0.39 is 5.97 Å². The molecule has 0 saturated heterocycles. The van der Waals surface area contributed by atoms with Crippen LogP contribution in [0.1, 0.15) is 52.5 Å². The van der Waals surface area contributed by atoms with E-state index in [-0.39, 0.29) is 6.04 Å². The molecule has 1 saturated carbocycles. The molecular weight excluding hydrogens is 420 g/mol. The largest absolute Gasteiger partial charge is 0.490 e. The number of pyridine rings is 2. The maximum atomic E-state index is 12.2. The van der Waals surface area contributed by atoms with Crippen LogP contribution in [0, 0.1) is 5.92 Å². The molecule has 0 amide bonds. The molecule has 8 heteroatoms. The Kier molecular flexibility index (Phi) is 5.86. The zero-order valence-corrected chi connectivity index (χ0v) is 18.6. The van der Waals surface area contributed by atoms with Crippen LogP contribution in [-0.4, -0.2) is 46.4 Å². The molecule has 3 aromatic heterocycles. The minimum Gasteiger partial charge on any atom is -0.490 e. The van der Waals surface area contributed by atoms with Crippen LogP contribution in [0.3, 0.4) is 0 Å². The second-order valence-corrected chi connectivity index (χ2v) is 8.77. The molecule has 0 bridgehead atoms. The van der Waals surface area contributed by atoms with Crippen LogP contribution >= 0.6 is 0 Å². The molecule has 8 nitrogen and oxygen atoms in total. The third kappa shape index (κ3) is 4.00.